The molecule has 0 saturated carbocycles. The summed E-state index contributed by atoms with van der Waals surface area (Å²) in [6.07, 6.45) is 1.40. The molecule has 10 heteroatoms. The van der Waals surface area contributed by atoms with Crippen LogP contribution < -0.4 is 5.32 Å². The van der Waals surface area contributed by atoms with E-state index in [9.17, 15) is 9.50 Å². The summed E-state index contributed by atoms with van der Waals surface area (Å²) >= 11 is 6.39. The third-order valence-electron chi connectivity index (χ3n) is 5.08. The standard InChI is InChI=1S/C22H23ClFN7O/c1-12-19(14-6-8-15(24)9-7-14)30(5)29-21(12)27-16-10-17(26-11-25-16)31-20(22(3,4)32)18(23)13(2)28-31/h6-11,32H,1-5H3,(H,25,26,27,29). The van der Waals surface area contributed by atoms with Crippen LogP contribution in [0, 0.1) is 19.7 Å². The zero-order chi connectivity index (χ0) is 23.2. The zero-order valence-electron chi connectivity index (χ0n) is 18.4. The Hall–Kier alpha value is -3.30. The van der Waals surface area contributed by atoms with Gasteiger partial charge < -0.3 is 10.4 Å². The van der Waals surface area contributed by atoms with Gasteiger partial charge in [-0.1, -0.05) is 11.6 Å². The highest BCUT2D eigenvalue weighted by Crippen LogP contribution is 2.33. The Morgan fingerprint density at radius 2 is 1.78 bits per heavy atom. The highest BCUT2D eigenvalue weighted by Gasteiger charge is 2.28. The van der Waals surface area contributed by atoms with Crippen molar-refractivity contribution in [2.45, 2.75) is 33.3 Å². The summed E-state index contributed by atoms with van der Waals surface area (Å²) in [7, 11) is 1.83. The van der Waals surface area contributed by atoms with Gasteiger partial charge in [-0.25, -0.2) is 19.0 Å². The van der Waals surface area contributed by atoms with Gasteiger partial charge in [0.2, 0.25) is 0 Å². The number of anilines is 2. The Balaban J connectivity index is 1.71. The van der Waals surface area contributed by atoms with Crippen molar-refractivity contribution in [3.8, 4) is 17.1 Å². The third-order valence-corrected chi connectivity index (χ3v) is 5.54. The Labute approximate surface area is 189 Å². The molecule has 0 amide bonds. The van der Waals surface area contributed by atoms with Gasteiger partial charge in [0.05, 0.1) is 22.1 Å². The number of hydrogen-bond acceptors (Lipinski definition) is 6. The molecule has 8 nitrogen and oxygen atoms in total. The molecule has 0 atom stereocenters. The fourth-order valence-electron chi connectivity index (χ4n) is 3.61. The molecule has 0 spiro atoms. The van der Waals surface area contributed by atoms with Crippen molar-refractivity contribution in [3.63, 3.8) is 0 Å². The molecule has 2 N–H and O–H groups in total. The van der Waals surface area contributed by atoms with E-state index in [1.807, 2.05) is 14.0 Å². The smallest absolute Gasteiger partial charge is 0.159 e. The number of aromatic nitrogens is 6. The maximum absolute atomic E-state index is 13.3. The predicted octanol–water partition coefficient (Wildman–Crippen LogP) is 4.44. The second-order valence-corrected chi connectivity index (χ2v) is 8.44. The SMILES string of the molecule is Cc1nn(-c2cc(Nc3nn(C)c(-c4ccc(F)cc4)c3C)ncn2)c(C(C)(C)O)c1Cl. The van der Waals surface area contributed by atoms with Crippen LogP contribution in [0.5, 0.6) is 0 Å². The minimum absolute atomic E-state index is 0.292. The molecule has 3 aromatic heterocycles. The second kappa shape index (κ2) is 7.99. The fourth-order valence-corrected chi connectivity index (χ4v) is 3.96. The summed E-state index contributed by atoms with van der Waals surface area (Å²) in [4.78, 5) is 8.59. The van der Waals surface area contributed by atoms with Crippen molar-refractivity contribution in [1.29, 1.82) is 0 Å². The van der Waals surface area contributed by atoms with Crippen LogP contribution in [0.3, 0.4) is 0 Å². The molecule has 32 heavy (non-hydrogen) atoms. The molecule has 0 aliphatic rings. The van der Waals surface area contributed by atoms with Gasteiger partial charge in [-0.3, -0.25) is 4.68 Å². The number of aryl methyl sites for hydroxylation is 2. The zero-order valence-corrected chi connectivity index (χ0v) is 19.1. The van der Waals surface area contributed by atoms with Crippen LogP contribution in [0.4, 0.5) is 16.0 Å². The summed E-state index contributed by atoms with van der Waals surface area (Å²) in [6.45, 7) is 6.97. The largest absolute Gasteiger partial charge is 0.384 e. The molecule has 4 aromatic rings. The molecule has 1 aromatic carbocycles. The van der Waals surface area contributed by atoms with Crippen LogP contribution in [0.15, 0.2) is 36.7 Å². The first kappa shape index (κ1) is 21.9. The van der Waals surface area contributed by atoms with Gasteiger partial charge in [0.25, 0.3) is 0 Å². The minimum Gasteiger partial charge on any atom is -0.384 e. The van der Waals surface area contributed by atoms with Gasteiger partial charge in [-0.15, -0.1) is 0 Å². The maximum Gasteiger partial charge on any atom is 0.159 e. The van der Waals surface area contributed by atoms with Gasteiger partial charge in [-0.05, 0) is 52.0 Å². The summed E-state index contributed by atoms with van der Waals surface area (Å²) < 4.78 is 16.6. The molecule has 0 bridgehead atoms. The van der Waals surface area contributed by atoms with Gasteiger partial charge in [0, 0.05) is 24.2 Å². The predicted molar refractivity (Wildman–Crippen MR) is 121 cm³/mol. The van der Waals surface area contributed by atoms with Crippen LogP contribution in [-0.4, -0.2) is 34.6 Å². The number of halogens is 2. The quantitative estimate of drug-likeness (QED) is 0.462. The molecule has 0 fully saturated rings. The average Bonchev–Trinajstić information content (AvgIpc) is 3.18. The molecule has 0 aliphatic carbocycles. The molecular formula is C22H23ClFN7O. The highest BCUT2D eigenvalue weighted by atomic mass is 35.5. The number of nitrogens with one attached hydrogen (secondary N) is 1. The molecule has 0 unspecified atom stereocenters. The fraction of sp³-hybridized carbons (Fsp3) is 0.273. The van der Waals surface area contributed by atoms with Gasteiger partial charge >= 0.3 is 0 Å². The Morgan fingerprint density at radius 1 is 1.09 bits per heavy atom. The lowest BCUT2D eigenvalue weighted by Crippen LogP contribution is -2.21. The van der Waals surface area contributed by atoms with Crippen molar-refractivity contribution in [2.24, 2.45) is 7.05 Å². The molecule has 3 heterocycles. The second-order valence-electron chi connectivity index (χ2n) is 8.06. The summed E-state index contributed by atoms with van der Waals surface area (Å²) in [5, 5.41) is 23.2. The Morgan fingerprint density at radius 3 is 2.44 bits per heavy atom. The van der Waals surface area contributed by atoms with Gasteiger partial charge in [0.15, 0.2) is 11.6 Å². The maximum atomic E-state index is 13.3. The molecule has 0 radical (unpaired) electrons. The lowest BCUT2D eigenvalue weighted by Gasteiger charge is -2.19. The summed E-state index contributed by atoms with van der Waals surface area (Å²) in [5.41, 5.74) is 2.40. The molecule has 4 rings (SSSR count). The number of aliphatic hydroxyl groups is 1. The molecule has 166 valence electrons. The summed E-state index contributed by atoms with van der Waals surface area (Å²) in [5.74, 6) is 1.25. The van der Waals surface area contributed by atoms with Crippen LogP contribution in [0.1, 0.15) is 30.8 Å². The van der Waals surface area contributed by atoms with Crippen molar-refractivity contribution in [2.75, 3.05) is 5.32 Å². The van der Waals surface area contributed by atoms with E-state index >= 15 is 0 Å². The highest BCUT2D eigenvalue weighted by molar-refractivity contribution is 6.32. The third kappa shape index (κ3) is 3.96. The van der Waals surface area contributed by atoms with Crippen molar-refractivity contribution in [1.82, 2.24) is 29.5 Å². The Kier molecular flexibility index (Phi) is 5.47. The Bertz CT molecular complexity index is 1290. The van der Waals surface area contributed by atoms with Gasteiger partial charge in [0.1, 0.15) is 23.6 Å². The van der Waals surface area contributed by atoms with E-state index in [1.165, 1.54) is 23.1 Å². The molecule has 0 aliphatic heterocycles. The number of rotatable bonds is 5. The van der Waals surface area contributed by atoms with E-state index in [4.69, 9.17) is 11.6 Å². The molecular weight excluding hydrogens is 433 g/mol. The lowest BCUT2D eigenvalue weighted by atomic mass is 10.1. The van der Waals surface area contributed by atoms with Crippen molar-refractivity contribution < 1.29 is 9.50 Å². The van der Waals surface area contributed by atoms with Crippen molar-refractivity contribution in [3.05, 3.63) is 64.5 Å². The van der Waals surface area contributed by atoms with E-state index in [1.54, 1.807) is 43.7 Å². The van der Waals surface area contributed by atoms with E-state index in [-0.39, 0.29) is 5.82 Å². The summed E-state index contributed by atoms with van der Waals surface area (Å²) in [6, 6.07) is 7.97. The average molecular weight is 456 g/mol. The first-order valence-corrected chi connectivity index (χ1v) is 10.3. The van der Waals surface area contributed by atoms with Gasteiger partial charge in [-0.2, -0.15) is 10.2 Å². The van der Waals surface area contributed by atoms with E-state index in [0.717, 1.165) is 16.8 Å². The van der Waals surface area contributed by atoms with Crippen molar-refractivity contribution >= 4 is 23.2 Å². The number of nitrogens with zero attached hydrogens (tertiary/aromatic N) is 6. The topological polar surface area (TPSA) is 93.7 Å². The minimum atomic E-state index is -1.22. The van der Waals surface area contributed by atoms with E-state index in [2.05, 4.69) is 25.5 Å². The molecule has 0 saturated heterocycles. The van der Waals surface area contributed by atoms with Crippen LogP contribution >= 0.6 is 11.6 Å². The monoisotopic (exact) mass is 455 g/mol. The van der Waals surface area contributed by atoms with Crippen LogP contribution in [-0.2, 0) is 12.6 Å². The normalized spacial score (nSPS) is 11.8. The van der Waals surface area contributed by atoms with Crippen LogP contribution in [0.25, 0.3) is 17.1 Å². The van der Waals surface area contributed by atoms with E-state index < -0.39 is 5.60 Å². The van der Waals surface area contributed by atoms with Crippen LogP contribution in [0.2, 0.25) is 5.02 Å². The first-order valence-electron chi connectivity index (χ1n) is 9.93. The first-order chi connectivity index (χ1) is 15.1. The number of benzene rings is 1. The lowest BCUT2D eigenvalue weighted by molar-refractivity contribution is 0.0711. The number of hydrogen-bond donors (Lipinski definition) is 2. The van der Waals surface area contributed by atoms with E-state index in [0.29, 0.717) is 33.9 Å².